The van der Waals surface area contributed by atoms with Gasteiger partial charge in [-0.05, 0) is 36.0 Å². The number of unbranched alkanes of at least 4 members (excludes halogenated alkanes) is 2. The van der Waals surface area contributed by atoms with Gasteiger partial charge in [0.1, 0.15) is 5.75 Å². The van der Waals surface area contributed by atoms with Gasteiger partial charge in [0.05, 0.1) is 0 Å². The maximum absolute atomic E-state index is 10.4. The van der Waals surface area contributed by atoms with Crippen molar-refractivity contribution in [3.63, 3.8) is 0 Å². The summed E-state index contributed by atoms with van der Waals surface area (Å²) in [4.78, 5) is 0. The van der Waals surface area contributed by atoms with Crippen LogP contribution in [0.4, 0.5) is 0 Å². The number of rotatable bonds is 7. The van der Waals surface area contributed by atoms with Crippen LogP contribution >= 0.6 is 0 Å². The Kier molecular flexibility index (Phi) is 5.86. The zero-order chi connectivity index (χ0) is 15.1. The molecule has 0 amide bonds. The van der Waals surface area contributed by atoms with Gasteiger partial charge in [0.15, 0.2) is 0 Å². The molecule has 0 fully saturated rings. The summed E-state index contributed by atoms with van der Waals surface area (Å²) < 4.78 is 0. The van der Waals surface area contributed by atoms with Gasteiger partial charge in [-0.25, -0.2) is 0 Å². The molecule has 0 bridgehead atoms. The first-order valence-electron chi connectivity index (χ1n) is 8.15. The molecular formula is C20H26O. The highest BCUT2D eigenvalue weighted by Gasteiger charge is 2.17. The molecule has 1 N–H and O–H groups in total. The third-order valence-electron chi connectivity index (χ3n) is 4.23. The Morgan fingerprint density at radius 1 is 0.905 bits per heavy atom. The van der Waals surface area contributed by atoms with Crippen LogP contribution in [-0.2, 0) is 0 Å². The highest BCUT2D eigenvalue weighted by Crippen LogP contribution is 2.39. The normalized spacial score (nSPS) is 12.3. The number of phenolic OH excluding ortho intramolecular Hbond substituents is 1. The van der Waals surface area contributed by atoms with Crippen LogP contribution in [0, 0.1) is 0 Å². The Morgan fingerprint density at radius 2 is 1.67 bits per heavy atom. The van der Waals surface area contributed by atoms with Gasteiger partial charge in [-0.15, -0.1) is 0 Å². The Labute approximate surface area is 128 Å². The molecule has 0 radical (unpaired) electrons. The second-order valence-electron chi connectivity index (χ2n) is 5.71. The molecule has 1 heteroatoms. The molecule has 0 aliphatic rings. The molecule has 21 heavy (non-hydrogen) atoms. The summed E-state index contributed by atoms with van der Waals surface area (Å²) in [5.41, 5.74) is 3.42. The molecule has 0 aromatic heterocycles. The van der Waals surface area contributed by atoms with Crippen LogP contribution in [0.1, 0.15) is 57.4 Å². The second kappa shape index (κ2) is 7.87. The summed E-state index contributed by atoms with van der Waals surface area (Å²) in [7, 11) is 0. The van der Waals surface area contributed by atoms with E-state index in [2.05, 4.69) is 32.0 Å². The van der Waals surface area contributed by atoms with Crippen molar-refractivity contribution in [2.24, 2.45) is 0 Å². The summed E-state index contributed by atoms with van der Waals surface area (Å²) in [6.07, 6.45) is 6.12. The van der Waals surface area contributed by atoms with E-state index in [1.807, 2.05) is 24.3 Å². The van der Waals surface area contributed by atoms with Gasteiger partial charge in [0, 0.05) is 5.56 Å². The minimum absolute atomic E-state index is 0.396. The van der Waals surface area contributed by atoms with Gasteiger partial charge >= 0.3 is 0 Å². The first-order chi connectivity index (χ1) is 10.3. The Hall–Kier alpha value is -1.76. The van der Waals surface area contributed by atoms with Gasteiger partial charge in [-0.3, -0.25) is 0 Å². The van der Waals surface area contributed by atoms with E-state index < -0.39 is 0 Å². The summed E-state index contributed by atoms with van der Waals surface area (Å²) in [5.74, 6) is 0.923. The van der Waals surface area contributed by atoms with Gasteiger partial charge in [0.2, 0.25) is 0 Å². The number of hydrogen-bond donors (Lipinski definition) is 1. The molecule has 1 nitrogen and oxygen atoms in total. The number of benzene rings is 2. The molecule has 1 unspecified atom stereocenters. The fourth-order valence-corrected chi connectivity index (χ4v) is 3.04. The van der Waals surface area contributed by atoms with E-state index in [4.69, 9.17) is 0 Å². The van der Waals surface area contributed by atoms with Crippen molar-refractivity contribution in [2.45, 2.75) is 51.9 Å². The van der Waals surface area contributed by atoms with Crippen molar-refractivity contribution < 1.29 is 5.11 Å². The fourth-order valence-electron chi connectivity index (χ4n) is 3.04. The van der Waals surface area contributed by atoms with Crippen LogP contribution in [0.15, 0.2) is 48.5 Å². The molecule has 0 aliphatic carbocycles. The lowest BCUT2D eigenvalue weighted by Gasteiger charge is -2.20. The van der Waals surface area contributed by atoms with Gasteiger partial charge in [0.25, 0.3) is 0 Å². The first-order valence-corrected chi connectivity index (χ1v) is 8.15. The number of hydrogen-bond acceptors (Lipinski definition) is 1. The average Bonchev–Trinajstić information content (AvgIpc) is 2.52. The average molecular weight is 282 g/mol. The minimum Gasteiger partial charge on any atom is -0.507 e. The van der Waals surface area contributed by atoms with E-state index in [1.165, 1.54) is 31.2 Å². The van der Waals surface area contributed by atoms with Crippen molar-refractivity contribution in [2.75, 3.05) is 0 Å². The largest absolute Gasteiger partial charge is 0.507 e. The molecular weight excluding hydrogens is 256 g/mol. The molecule has 0 heterocycles. The highest BCUT2D eigenvalue weighted by atomic mass is 16.3. The van der Waals surface area contributed by atoms with Crippen molar-refractivity contribution in [1.82, 2.24) is 0 Å². The van der Waals surface area contributed by atoms with Crippen LogP contribution < -0.4 is 0 Å². The molecule has 0 saturated carbocycles. The molecule has 2 aromatic rings. The fraction of sp³-hybridized carbons (Fsp3) is 0.400. The molecule has 2 aromatic carbocycles. The monoisotopic (exact) mass is 282 g/mol. The highest BCUT2D eigenvalue weighted by molar-refractivity contribution is 5.74. The SMILES string of the molecule is CCCCCC(CC)c1cccc(O)c1-c1ccccc1. The van der Waals surface area contributed by atoms with E-state index in [1.54, 1.807) is 6.07 Å². The van der Waals surface area contributed by atoms with Crippen LogP contribution in [0.5, 0.6) is 5.75 Å². The van der Waals surface area contributed by atoms with Crippen LogP contribution in [-0.4, -0.2) is 5.11 Å². The summed E-state index contributed by atoms with van der Waals surface area (Å²) in [6.45, 7) is 4.49. The maximum atomic E-state index is 10.4. The lowest BCUT2D eigenvalue weighted by atomic mass is 9.85. The second-order valence-corrected chi connectivity index (χ2v) is 5.71. The van der Waals surface area contributed by atoms with E-state index >= 15 is 0 Å². The van der Waals surface area contributed by atoms with Gasteiger partial charge in [-0.1, -0.05) is 75.6 Å². The summed E-state index contributed by atoms with van der Waals surface area (Å²) in [5, 5.41) is 10.4. The topological polar surface area (TPSA) is 20.2 Å². The van der Waals surface area contributed by atoms with Gasteiger partial charge in [-0.2, -0.15) is 0 Å². The van der Waals surface area contributed by atoms with E-state index in [-0.39, 0.29) is 0 Å². The van der Waals surface area contributed by atoms with E-state index in [0.29, 0.717) is 11.7 Å². The standard InChI is InChI=1S/C20H26O/c1-3-5-7-11-16(4-2)18-14-10-15-19(21)20(18)17-12-8-6-9-13-17/h6,8-10,12-16,21H,3-5,7,11H2,1-2H3. The van der Waals surface area contributed by atoms with Crippen molar-refractivity contribution in [3.8, 4) is 16.9 Å². The quantitative estimate of drug-likeness (QED) is 0.605. The van der Waals surface area contributed by atoms with Crippen molar-refractivity contribution >= 4 is 0 Å². The van der Waals surface area contributed by atoms with Crippen molar-refractivity contribution in [1.29, 1.82) is 0 Å². The van der Waals surface area contributed by atoms with Crippen molar-refractivity contribution in [3.05, 3.63) is 54.1 Å². The van der Waals surface area contributed by atoms with Gasteiger partial charge < -0.3 is 5.11 Å². The molecule has 0 saturated heterocycles. The van der Waals surface area contributed by atoms with Crippen LogP contribution in [0.25, 0.3) is 11.1 Å². The predicted octanol–water partition coefficient (Wildman–Crippen LogP) is 6.13. The van der Waals surface area contributed by atoms with E-state index in [0.717, 1.165) is 17.5 Å². The molecule has 1 atom stereocenters. The first kappa shape index (κ1) is 15.6. The van der Waals surface area contributed by atoms with Crippen LogP contribution in [0.2, 0.25) is 0 Å². The maximum Gasteiger partial charge on any atom is 0.123 e. The molecule has 112 valence electrons. The number of phenols is 1. The third-order valence-corrected chi connectivity index (χ3v) is 4.23. The Morgan fingerprint density at radius 3 is 2.33 bits per heavy atom. The molecule has 0 spiro atoms. The van der Waals surface area contributed by atoms with Crippen LogP contribution in [0.3, 0.4) is 0 Å². The Bertz CT molecular complexity index is 545. The lowest BCUT2D eigenvalue weighted by molar-refractivity contribution is 0.474. The zero-order valence-corrected chi connectivity index (χ0v) is 13.2. The summed E-state index contributed by atoms with van der Waals surface area (Å²) >= 11 is 0. The summed E-state index contributed by atoms with van der Waals surface area (Å²) in [6, 6.07) is 16.2. The molecule has 2 rings (SSSR count). The number of aromatic hydroxyl groups is 1. The zero-order valence-electron chi connectivity index (χ0n) is 13.2. The van der Waals surface area contributed by atoms with E-state index in [9.17, 15) is 5.11 Å². The third kappa shape index (κ3) is 3.87. The predicted molar refractivity (Wildman–Crippen MR) is 90.7 cm³/mol. The smallest absolute Gasteiger partial charge is 0.123 e. The Balaban J connectivity index is 2.36. The minimum atomic E-state index is 0.396. The lowest BCUT2D eigenvalue weighted by Crippen LogP contribution is -2.00. The molecule has 0 aliphatic heterocycles.